The van der Waals surface area contributed by atoms with Gasteiger partial charge < -0.3 is 20.9 Å². The SMILES string of the molecule is CCc1ccc2c(c1)C(NC[C@@H](O)[C@@H](N)Cc1cc(F)cc(F)c1)CCO2. The van der Waals surface area contributed by atoms with Crippen molar-refractivity contribution in [3.8, 4) is 5.75 Å². The van der Waals surface area contributed by atoms with Gasteiger partial charge in [0.05, 0.1) is 12.7 Å². The van der Waals surface area contributed by atoms with Gasteiger partial charge in [0.1, 0.15) is 17.4 Å². The van der Waals surface area contributed by atoms with Crippen LogP contribution in [0.4, 0.5) is 8.78 Å². The predicted octanol–water partition coefficient (Wildman–Crippen LogP) is 2.87. The van der Waals surface area contributed by atoms with E-state index in [0.717, 1.165) is 30.2 Å². The number of rotatable bonds is 7. The smallest absolute Gasteiger partial charge is 0.126 e. The molecule has 6 heteroatoms. The second-order valence-corrected chi connectivity index (χ2v) is 7.04. The van der Waals surface area contributed by atoms with Crippen molar-refractivity contribution in [3.63, 3.8) is 0 Å². The maximum atomic E-state index is 13.3. The highest BCUT2D eigenvalue weighted by atomic mass is 19.1. The Labute approximate surface area is 158 Å². The van der Waals surface area contributed by atoms with Crippen LogP contribution in [0.15, 0.2) is 36.4 Å². The lowest BCUT2D eigenvalue weighted by atomic mass is 9.96. The van der Waals surface area contributed by atoms with Gasteiger partial charge in [0.15, 0.2) is 0 Å². The topological polar surface area (TPSA) is 67.5 Å². The number of benzene rings is 2. The Balaban J connectivity index is 1.60. The molecular formula is C21H26F2N2O2. The molecular weight excluding hydrogens is 350 g/mol. The van der Waals surface area contributed by atoms with Gasteiger partial charge in [-0.1, -0.05) is 19.1 Å². The van der Waals surface area contributed by atoms with E-state index in [2.05, 4.69) is 24.4 Å². The van der Waals surface area contributed by atoms with Crippen LogP contribution in [-0.2, 0) is 12.8 Å². The van der Waals surface area contributed by atoms with Gasteiger partial charge in [0.25, 0.3) is 0 Å². The molecule has 4 nitrogen and oxygen atoms in total. The molecule has 3 atom stereocenters. The van der Waals surface area contributed by atoms with Crippen molar-refractivity contribution in [3.05, 3.63) is 64.7 Å². The van der Waals surface area contributed by atoms with E-state index in [-0.39, 0.29) is 12.5 Å². The van der Waals surface area contributed by atoms with Crippen molar-refractivity contribution < 1.29 is 18.6 Å². The van der Waals surface area contributed by atoms with Crippen LogP contribution in [0.2, 0.25) is 0 Å². The summed E-state index contributed by atoms with van der Waals surface area (Å²) < 4.78 is 32.3. The first-order valence-corrected chi connectivity index (χ1v) is 9.34. The summed E-state index contributed by atoms with van der Waals surface area (Å²) in [7, 11) is 0. The molecule has 1 unspecified atom stereocenters. The summed E-state index contributed by atoms with van der Waals surface area (Å²) in [6.07, 6.45) is 1.11. The van der Waals surface area contributed by atoms with E-state index in [0.29, 0.717) is 18.7 Å². The number of aliphatic hydroxyl groups excluding tert-OH is 1. The molecule has 27 heavy (non-hydrogen) atoms. The molecule has 1 aliphatic rings. The van der Waals surface area contributed by atoms with Gasteiger partial charge in [-0.15, -0.1) is 0 Å². The van der Waals surface area contributed by atoms with Crippen LogP contribution < -0.4 is 15.8 Å². The van der Waals surface area contributed by atoms with Gasteiger partial charge in [0, 0.05) is 36.7 Å². The number of aliphatic hydroxyl groups is 1. The molecule has 0 radical (unpaired) electrons. The molecule has 1 aliphatic heterocycles. The molecule has 146 valence electrons. The Morgan fingerprint density at radius 2 is 1.93 bits per heavy atom. The van der Waals surface area contributed by atoms with Crippen LogP contribution in [0, 0.1) is 11.6 Å². The molecule has 3 rings (SSSR count). The zero-order valence-corrected chi connectivity index (χ0v) is 15.4. The second-order valence-electron chi connectivity index (χ2n) is 7.04. The summed E-state index contributed by atoms with van der Waals surface area (Å²) in [5.41, 5.74) is 8.80. The lowest BCUT2D eigenvalue weighted by molar-refractivity contribution is 0.133. The van der Waals surface area contributed by atoms with E-state index in [1.165, 1.54) is 17.7 Å². The summed E-state index contributed by atoms with van der Waals surface area (Å²) in [6.45, 7) is 3.01. The highest BCUT2D eigenvalue weighted by Crippen LogP contribution is 2.32. The summed E-state index contributed by atoms with van der Waals surface area (Å²) >= 11 is 0. The molecule has 1 heterocycles. The van der Waals surface area contributed by atoms with Crippen molar-refractivity contribution in [1.82, 2.24) is 5.32 Å². The van der Waals surface area contributed by atoms with Gasteiger partial charge in [0.2, 0.25) is 0 Å². The zero-order chi connectivity index (χ0) is 19.4. The van der Waals surface area contributed by atoms with Crippen molar-refractivity contribution >= 4 is 0 Å². The van der Waals surface area contributed by atoms with Crippen molar-refractivity contribution in [2.45, 2.75) is 44.4 Å². The highest BCUT2D eigenvalue weighted by Gasteiger charge is 2.23. The normalized spacial score (nSPS) is 18.5. The van der Waals surface area contributed by atoms with Crippen LogP contribution in [0.1, 0.15) is 36.1 Å². The number of ether oxygens (including phenoxy) is 1. The lowest BCUT2D eigenvalue weighted by Crippen LogP contribution is -2.44. The third kappa shape index (κ3) is 5.03. The second kappa shape index (κ2) is 8.78. The number of fused-ring (bicyclic) bond motifs is 1. The van der Waals surface area contributed by atoms with E-state index in [4.69, 9.17) is 10.5 Å². The number of aryl methyl sites for hydroxylation is 1. The van der Waals surface area contributed by atoms with E-state index in [1.54, 1.807) is 0 Å². The fraction of sp³-hybridized carbons (Fsp3) is 0.429. The Bertz CT molecular complexity index is 765. The van der Waals surface area contributed by atoms with Crippen LogP contribution in [0.25, 0.3) is 0 Å². The summed E-state index contributed by atoms with van der Waals surface area (Å²) in [6, 6.07) is 8.93. The van der Waals surface area contributed by atoms with Gasteiger partial charge in [-0.05, 0) is 42.2 Å². The number of nitrogens with one attached hydrogen (secondary N) is 1. The molecule has 2 aromatic rings. The third-order valence-electron chi connectivity index (χ3n) is 4.98. The minimum absolute atomic E-state index is 0.0775. The number of halogens is 2. The van der Waals surface area contributed by atoms with E-state index in [9.17, 15) is 13.9 Å². The molecule has 0 aromatic heterocycles. The Morgan fingerprint density at radius 3 is 2.63 bits per heavy atom. The van der Waals surface area contributed by atoms with Crippen molar-refractivity contribution in [2.75, 3.05) is 13.2 Å². The molecule has 0 spiro atoms. The van der Waals surface area contributed by atoms with E-state index < -0.39 is 23.8 Å². The zero-order valence-electron chi connectivity index (χ0n) is 15.4. The van der Waals surface area contributed by atoms with Crippen molar-refractivity contribution in [2.24, 2.45) is 5.73 Å². The quantitative estimate of drug-likeness (QED) is 0.695. The maximum Gasteiger partial charge on any atom is 0.126 e. The Kier molecular flexibility index (Phi) is 6.42. The first-order valence-electron chi connectivity index (χ1n) is 9.34. The standard InChI is InChI=1S/C21H26F2N2O2/c1-2-13-3-4-21-17(9-13)19(5-6-27-21)25-12-20(26)18(24)10-14-7-15(22)11-16(23)8-14/h3-4,7-9,11,18-20,25-26H,2,5-6,10,12,24H2,1H3/t18-,19?,20+/m0/s1. The number of hydrogen-bond acceptors (Lipinski definition) is 4. The molecule has 0 saturated heterocycles. The predicted molar refractivity (Wildman–Crippen MR) is 101 cm³/mol. The molecule has 4 N–H and O–H groups in total. The first-order chi connectivity index (χ1) is 13.0. The van der Waals surface area contributed by atoms with Crippen LogP contribution >= 0.6 is 0 Å². The maximum absolute atomic E-state index is 13.3. The van der Waals surface area contributed by atoms with Gasteiger partial charge in [-0.2, -0.15) is 0 Å². The molecule has 0 amide bonds. The monoisotopic (exact) mass is 376 g/mol. The van der Waals surface area contributed by atoms with Crippen LogP contribution in [-0.4, -0.2) is 30.4 Å². The summed E-state index contributed by atoms with van der Waals surface area (Å²) in [5.74, 6) is -0.421. The minimum atomic E-state index is -0.836. The lowest BCUT2D eigenvalue weighted by Gasteiger charge is -2.29. The number of nitrogens with two attached hydrogens (primary N) is 1. The van der Waals surface area contributed by atoms with Gasteiger partial charge in [-0.25, -0.2) is 8.78 Å². The van der Waals surface area contributed by atoms with Crippen molar-refractivity contribution in [1.29, 1.82) is 0 Å². The Morgan fingerprint density at radius 1 is 1.19 bits per heavy atom. The number of hydrogen-bond donors (Lipinski definition) is 3. The summed E-state index contributed by atoms with van der Waals surface area (Å²) in [5, 5.41) is 13.8. The molecule has 0 saturated carbocycles. The fourth-order valence-corrected chi connectivity index (χ4v) is 3.43. The van der Waals surface area contributed by atoms with Gasteiger partial charge >= 0.3 is 0 Å². The van der Waals surface area contributed by atoms with Crippen LogP contribution in [0.3, 0.4) is 0 Å². The largest absolute Gasteiger partial charge is 0.493 e. The van der Waals surface area contributed by atoms with Gasteiger partial charge in [-0.3, -0.25) is 0 Å². The molecule has 2 aromatic carbocycles. The Hall–Kier alpha value is -2.02. The van der Waals surface area contributed by atoms with E-state index >= 15 is 0 Å². The third-order valence-corrected chi connectivity index (χ3v) is 4.98. The average molecular weight is 376 g/mol. The average Bonchev–Trinajstić information content (AvgIpc) is 2.64. The first kappa shape index (κ1) is 19.7. The molecule has 0 bridgehead atoms. The minimum Gasteiger partial charge on any atom is -0.493 e. The summed E-state index contributed by atoms with van der Waals surface area (Å²) in [4.78, 5) is 0. The molecule has 0 aliphatic carbocycles. The molecule has 0 fully saturated rings. The fourth-order valence-electron chi connectivity index (χ4n) is 3.43. The highest BCUT2D eigenvalue weighted by molar-refractivity contribution is 5.40. The van der Waals surface area contributed by atoms with E-state index in [1.807, 2.05) is 6.07 Å². The van der Waals surface area contributed by atoms with Crippen LogP contribution in [0.5, 0.6) is 5.75 Å².